The van der Waals surface area contributed by atoms with E-state index in [0.717, 1.165) is 30.4 Å². The van der Waals surface area contributed by atoms with Crippen LogP contribution in [0.25, 0.3) is 12.2 Å². The fraction of sp³-hybridized carbons (Fsp3) is 0.250. The Bertz CT molecular complexity index is 814. The van der Waals surface area contributed by atoms with Gasteiger partial charge < -0.3 is 10.2 Å². The van der Waals surface area contributed by atoms with E-state index in [2.05, 4.69) is 0 Å². The standard InChI is InChI=1S/C24H24O4/c25-20-10-4-18(5-11-20)8-14-22(27)24(16-2-1-3-17-24)23(28)15-9-19-6-12-21(26)13-7-19/h4-15,25-26H,1-3,16-17H2/b14-8+,15-9+. The lowest BCUT2D eigenvalue weighted by molar-refractivity contribution is -0.137. The fourth-order valence-electron chi connectivity index (χ4n) is 3.60. The molecule has 28 heavy (non-hydrogen) atoms. The maximum atomic E-state index is 13.0. The van der Waals surface area contributed by atoms with Crippen LogP contribution in [0.5, 0.6) is 11.5 Å². The third-order valence-corrected chi connectivity index (χ3v) is 5.29. The van der Waals surface area contributed by atoms with E-state index in [0.29, 0.717) is 12.8 Å². The number of carbonyl (C=O) groups is 2. The van der Waals surface area contributed by atoms with Gasteiger partial charge in [-0.15, -0.1) is 0 Å². The molecule has 0 heterocycles. The summed E-state index contributed by atoms with van der Waals surface area (Å²) < 4.78 is 0. The number of benzene rings is 2. The molecule has 1 aliphatic rings. The number of carbonyl (C=O) groups excluding carboxylic acids is 2. The highest BCUT2D eigenvalue weighted by Gasteiger charge is 2.43. The lowest BCUT2D eigenvalue weighted by atomic mass is 9.68. The number of phenolic OH excluding ortho intramolecular Hbond substituents is 2. The quantitative estimate of drug-likeness (QED) is 0.555. The number of allylic oxidation sites excluding steroid dienone is 2. The summed E-state index contributed by atoms with van der Waals surface area (Å²) in [4.78, 5) is 26.1. The molecule has 0 atom stereocenters. The normalized spacial score (nSPS) is 16.4. The van der Waals surface area contributed by atoms with Crippen molar-refractivity contribution >= 4 is 23.7 Å². The molecule has 0 spiro atoms. The summed E-state index contributed by atoms with van der Waals surface area (Å²) >= 11 is 0. The van der Waals surface area contributed by atoms with Crippen LogP contribution in [0.4, 0.5) is 0 Å². The summed E-state index contributed by atoms with van der Waals surface area (Å²) in [6.45, 7) is 0. The van der Waals surface area contributed by atoms with Crippen LogP contribution in [-0.2, 0) is 9.59 Å². The monoisotopic (exact) mass is 376 g/mol. The molecule has 3 rings (SSSR count). The van der Waals surface area contributed by atoms with Crippen LogP contribution in [0.15, 0.2) is 60.7 Å². The van der Waals surface area contributed by atoms with Crippen LogP contribution < -0.4 is 0 Å². The van der Waals surface area contributed by atoms with Crippen molar-refractivity contribution in [2.24, 2.45) is 5.41 Å². The first-order chi connectivity index (χ1) is 13.5. The molecule has 0 aliphatic heterocycles. The molecule has 1 fully saturated rings. The maximum Gasteiger partial charge on any atom is 0.169 e. The van der Waals surface area contributed by atoms with E-state index < -0.39 is 5.41 Å². The Hall–Kier alpha value is -3.14. The van der Waals surface area contributed by atoms with Gasteiger partial charge in [0.2, 0.25) is 0 Å². The Morgan fingerprint density at radius 1 is 0.679 bits per heavy atom. The summed E-state index contributed by atoms with van der Waals surface area (Å²) in [6, 6.07) is 13.1. The van der Waals surface area contributed by atoms with E-state index in [9.17, 15) is 19.8 Å². The largest absolute Gasteiger partial charge is 0.508 e. The van der Waals surface area contributed by atoms with Crippen molar-refractivity contribution < 1.29 is 19.8 Å². The Morgan fingerprint density at radius 2 is 1.07 bits per heavy atom. The van der Waals surface area contributed by atoms with E-state index in [1.54, 1.807) is 60.7 Å². The Kier molecular flexibility index (Phi) is 6.09. The van der Waals surface area contributed by atoms with Crippen LogP contribution in [0.3, 0.4) is 0 Å². The van der Waals surface area contributed by atoms with Crippen molar-refractivity contribution in [2.45, 2.75) is 32.1 Å². The van der Waals surface area contributed by atoms with Gasteiger partial charge in [-0.2, -0.15) is 0 Å². The molecule has 0 saturated heterocycles. The van der Waals surface area contributed by atoms with E-state index in [1.807, 2.05) is 0 Å². The zero-order valence-electron chi connectivity index (χ0n) is 15.7. The first-order valence-electron chi connectivity index (χ1n) is 9.53. The highest BCUT2D eigenvalue weighted by molar-refractivity contribution is 6.17. The minimum absolute atomic E-state index is 0.166. The van der Waals surface area contributed by atoms with Crippen molar-refractivity contribution in [2.75, 3.05) is 0 Å². The van der Waals surface area contributed by atoms with Crippen molar-refractivity contribution in [3.8, 4) is 11.5 Å². The lowest BCUT2D eigenvalue weighted by Crippen LogP contribution is -2.39. The number of ketones is 2. The number of aromatic hydroxyl groups is 2. The van der Waals surface area contributed by atoms with Crippen LogP contribution in [-0.4, -0.2) is 21.8 Å². The minimum atomic E-state index is -1.00. The SMILES string of the molecule is O=C(/C=C/c1ccc(O)cc1)C1(C(=O)/C=C/c2ccc(O)cc2)CCCCC1. The van der Waals surface area contributed by atoms with E-state index in [1.165, 1.54) is 12.2 Å². The molecule has 0 radical (unpaired) electrons. The molecule has 2 N–H and O–H groups in total. The van der Waals surface area contributed by atoms with Gasteiger partial charge >= 0.3 is 0 Å². The van der Waals surface area contributed by atoms with Crippen LogP contribution in [0.2, 0.25) is 0 Å². The van der Waals surface area contributed by atoms with Gasteiger partial charge in [-0.3, -0.25) is 9.59 Å². The molecule has 4 heteroatoms. The fourth-order valence-corrected chi connectivity index (χ4v) is 3.60. The number of phenols is 2. The summed E-state index contributed by atoms with van der Waals surface area (Å²) in [5.41, 5.74) is 0.590. The molecular formula is C24H24O4. The highest BCUT2D eigenvalue weighted by atomic mass is 16.3. The van der Waals surface area contributed by atoms with Gasteiger partial charge in [0.15, 0.2) is 11.6 Å². The Labute approximate surface area is 164 Å². The minimum Gasteiger partial charge on any atom is -0.508 e. The topological polar surface area (TPSA) is 74.6 Å². The molecule has 2 aromatic rings. The summed E-state index contributed by atoms with van der Waals surface area (Å²) in [6.07, 6.45) is 10.2. The van der Waals surface area contributed by atoms with E-state index >= 15 is 0 Å². The second kappa shape index (κ2) is 8.70. The number of hydrogen-bond donors (Lipinski definition) is 2. The third kappa shape index (κ3) is 4.58. The first-order valence-corrected chi connectivity index (χ1v) is 9.53. The second-order valence-electron chi connectivity index (χ2n) is 7.22. The highest BCUT2D eigenvalue weighted by Crippen LogP contribution is 2.39. The predicted octanol–water partition coefficient (Wildman–Crippen LogP) is 4.91. The van der Waals surface area contributed by atoms with Gasteiger partial charge in [0.05, 0.1) is 5.41 Å². The van der Waals surface area contributed by atoms with Crippen molar-refractivity contribution in [3.63, 3.8) is 0 Å². The van der Waals surface area contributed by atoms with Gasteiger partial charge in [0, 0.05) is 0 Å². The lowest BCUT2D eigenvalue weighted by Gasteiger charge is -2.32. The Morgan fingerprint density at radius 3 is 1.46 bits per heavy atom. The molecule has 0 bridgehead atoms. The van der Waals surface area contributed by atoms with Crippen molar-refractivity contribution in [1.29, 1.82) is 0 Å². The summed E-state index contributed by atoms with van der Waals surface area (Å²) in [5.74, 6) is 0.00445. The van der Waals surface area contributed by atoms with E-state index in [-0.39, 0.29) is 23.1 Å². The third-order valence-electron chi connectivity index (χ3n) is 5.29. The van der Waals surface area contributed by atoms with Gasteiger partial charge in [-0.1, -0.05) is 55.7 Å². The predicted molar refractivity (Wildman–Crippen MR) is 110 cm³/mol. The van der Waals surface area contributed by atoms with Gasteiger partial charge in [0.1, 0.15) is 11.5 Å². The zero-order chi connectivity index (χ0) is 20.0. The molecule has 1 aliphatic carbocycles. The first kappa shape index (κ1) is 19.6. The van der Waals surface area contributed by atoms with Crippen LogP contribution in [0.1, 0.15) is 43.2 Å². The van der Waals surface area contributed by atoms with Crippen molar-refractivity contribution in [3.05, 3.63) is 71.8 Å². The Balaban J connectivity index is 1.80. The summed E-state index contributed by atoms with van der Waals surface area (Å²) in [5, 5.41) is 18.7. The molecule has 2 aromatic carbocycles. The molecule has 0 amide bonds. The van der Waals surface area contributed by atoms with Gasteiger partial charge in [-0.05, 0) is 60.4 Å². The molecule has 0 unspecified atom stereocenters. The number of hydrogen-bond acceptors (Lipinski definition) is 4. The molecule has 0 aromatic heterocycles. The van der Waals surface area contributed by atoms with Gasteiger partial charge in [-0.25, -0.2) is 0 Å². The van der Waals surface area contributed by atoms with Gasteiger partial charge in [0.25, 0.3) is 0 Å². The average molecular weight is 376 g/mol. The van der Waals surface area contributed by atoms with Crippen LogP contribution >= 0.6 is 0 Å². The summed E-state index contributed by atoms with van der Waals surface area (Å²) in [7, 11) is 0. The molecule has 4 nitrogen and oxygen atoms in total. The maximum absolute atomic E-state index is 13.0. The average Bonchev–Trinajstić information content (AvgIpc) is 2.73. The molecular weight excluding hydrogens is 352 g/mol. The van der Waals surface area contributed by atoms with E-state index in [4.69, 9.17) is 0 Å². The number of rotatable bonds is 6. The smallest absolute Gasteiger partial charge is 0.169 e. The van der Waals surface area contributed by atoms with Crippen molar-refractivity contribution in [1.82, 2.24) is 0 Å². The molecule has 1 saturated carbocycles. The molecule has 144 valence electrons. The zero-order valence-corrected chi connectivity index (χ0v) is 15.7. The second-order valence-corrected chi connectivity index (χ2v) is 7.22. The van der Waals surface area contributed by atoms with Crippen LogP contribution in [0, 0.1) is 5.41 Å².